The van der Waals surface area contributed by atoms with Crippen molar-refractivity contribution >= 4 is 11.8 Å². The van der Waals surface area contributed by atoms with Gasteiger partial charge in [0.05, 0.1) is 6.54 Å². The molecule has 0 aliphatic heterocycles. The van der Waals surface area contributed by atoms with E-state index in [-0.39, 0.29) is 0 Å². The Balaban J connectivity index is 2.46. The van der Waals surface area contributed by atoms with E-state index in [4.69, 9.17) is 6.42 Å². The van der Waals surface area contributed by atoms with Gasteiger partial charge in [-0.3, -0.25) is 0 Å². The molecule has 86 valence electrons. The van der Waals surface area contributed by atoms with Gasteiger partial charge >= 0.3 is 0 Å². The van der Waals surface area contributed by atoms with Crippen LogP contribution in [0.4, 0.5) is 0 Å². The molecule has 0 unspecified atom stereocenters. The largest absolute Gasteiger partial charge is 0.305 e. The van der Waals surface area contributed by atoms with E-state index in [2.05, 4.69) is 21.2 Å². The molecule has 0 spiro atoms. The molecule has 0 radical (unpaired) electrons. The molecule has 0 saturated heterocycles. The van der Waals surface area contributed by atoms with Crippen LogP contribution in [0, 0.1) is 33.1 Å². The van der Waals surface area contributed by atoms with Crippen LogP contribution >= 0.6 is 11.8 Å². The first-order chi connectivity index (χ1) is 7.65. The lowest BCUT2D eigenvalue weighted by atomic mass is 10.2. The van der Waals surface area contributed by atoms with Crippen molar-refractivity contribution in [1.29, 1.82) is 0 Å². The zero-order valence-corrected chi connectivity index (χ0v) is 10.8. The Morgan fingerprint density at radius 3 is 2.44 bits per heavy atom. The lowest BCUT2D eigenvalue weighted by Crippen LogP contribution is -2.17. The van der Waals surface area contributed by atoms with E-state index in [9.17, 15) is 0 Å². The van der Waals surface area contributed by atoms with Gasteiger partial charge in [0.1, 0.15) is 0 Å². The standard InChI is InChI=1S/C12H17N3S/c1-5-6-13-7-8-16-12-14-10(3)9(2)11(4)15-12/h1,13H,6-8H2,2-4H3. The highest BCUT2D eigenvalue weighted by atomic mass is 32.2. The van der Waals surface area contributed by atoms with Crippen LogP contribution in [0.25, 0.3) is 0 Å². The number of aryl methyl sites for hydroxylation is 2. The summed E-state index contributed by atoms with van der Waals surface area (Å²) < 4.78 is 0. The van der Waals surface area contributed by atoms with Crippen LogP contribution in [0.5, 0.6) is 0 Å². The van der Waals surface area contributed by atoms with Crippen LogP contribution in [0.3, 0.4) is 0 Å². The molecule has 0 aromatic carbocycles. The van der Waals surface area contributed by atoms with Gasteiger partial charge in [-0.05, 0) is 26.3 Å². The maximum atomic E-state index is 5.13. The first-order valence-corrected chi connectivity index (χ1v) is 6.22. The molecule has 0 atom stereocenters. The topological polar surface area (TPSA) is 37.8 Å². The second kappa shape index (κ2) is 6.51. The molecule has 1 N–H and O–H groups in total. The van der Waals surface area contributed by atoms with Crippen molar-refractivity contribution in [2.75, 3.05) is 18.8 Å². The van der Waals surface area contributed by atoms with Crippen LogP contribution in [0.1, 0.15) is 17.0 Å². The lowest BCUT2D eigenvalue weighted by Gasteiger charge is -2.06. The van der Waals surface area contributed by atoms with Gasteiger partial charge in [-0.2, -0.15) is 0 Å². The molecule has 0 fully saturated rings. The zero-order chi connectivity index (χ0) is 12.0. The second-order valence-electron chi connectivity index (χ2n) is 3.53. The molecule has 0 aliphatic carbocycles. The van der Waals surface area contributed by atoms with Crippen molar-refractivity contribution in [3.63, 3.8) is 0 Å². The Morgan fingerprint density at radius 2 is 1.88 bits per heavy atom. The summed E-state index contributed by atoms with van der Waals surface area (Å²) in [6.45, 7) is 7.58. The van der Waals surface area contributed by atoms with Gasteiger partial charge in [0.15, 0.2) is 5.16 Å². The van der Waals surface area contributed by atoms with Crippen LogP contribution in [0.15, 0.2) is 5.16 Å². The Kier molecular flexibility index (Phi) is 5.30. The number of aromatic nitrogens is 2. The third-order valence-electron chi connectivity index (χ3n) is 2.35. The maximum absolute atomic E-state index is 5.13. The molecule has 1 rings (SSSR count). The molecule has 0 amide bonds. The van der Waals surface area contributed by atoms with Crippen molar-refractivity contribution in [2.24, 2.45) is 0 Å². The SMILES string of the molecule is C#CCNCCSc1nc(C)c(C)c(C)n1. The van der Waals surface area contributed by atoms with Gasteiger partial charge in [0.2, 0.25) is 0 Å². The van der Waals surface area contributed by atoms with Crippen molar-refractivity contribution < 1.29 is 0 Å². The van der Waals surface area contributed by atoms with Crippen LogP contribution in [-0.4, -0.2) is 28.8 Å². The average Bonchev–Trinajstić information content (AvgIpc) is 2.25. The number of nitrogens with zero attached hydrogens (tertiary/aromatic N) is 2. The molecule has 1 heterocycles. The van der Waals surface area contributed by atoms with Crippen molar-refractivity contribution in [2.45, 2.75) is 25.9 Å². The predicted octanol–water partition coefficient (Wildman–Crippen LogP) is 1.72. The van der Waals surface area contributed by atoms with Gasteiger partial charge < -0.3 is 5.32 Å². The molecule has 1 aromatic rings. The fourth-order valence-corrected chi connectivity index (χ4v) is 2.01. The van der Waals surface area contributed by atoms with Crippen molar-refractivity contribution in [3.8, 4) is 12.3 Å². The van der Waals surface area contributed by atoms with E-state index in [1.165, 1.54) is 5.56 Å². The third kappa shape index (κ3) is 3.84. The Bertz CT molecular complexity index is 373. The van der Waals surface area contributed by atoms with E-state index in [1.807, 2.05) is 20.8 Å². The fraction of sp³-hybridized carbons (Fsp3) is 0.500. The van der Waals surface area contributed by atoms with E-state index < -0.39 is 0 Å². The molecule has 1 aromatic heterocycles. The average molecular weight is 235 g/mol. The van der Waals surface area contributed by atoms with E-state index in [0.29, 0.717) is 6.54 Å². The van der Waals surface area contributed by atoms with E-state index in [1.54, 1.807) is 11.8 Å². The number of thioether (sulfide) groups is 1. The molecular weight excluding hydrogens is 218 g/mol. The second-order valence-corrected chi connectivity index (χ2v) is 4.59. The van der Waals surface area contributed by atoms with Gasteiger partial charge in [-0.1, -0.05) is 17.7 Å². The summed E-state index contributed by atoms with van der Waals surface area (Å²) in [5.41, 5.74) is 3.30. The summed E-state index contributed by atoms with van der Waals surface area (Å²) in [6, 6.07) is 0. The molecular formula is C12H17N3S. The number of hydrogen-bond acceptors (Lipinski definition) is 4. The minimum atomic E-state index is 0.618. The molecule has 4 heteroatoms. The maximum Gasteiger partial charge on any atom is 0.188 e. The molecule has 0 bridgehead atoms. The number of nitrogens with one attached hydrogen (secondary N) is 1. The lowest BCUT2D eigenvalue weighted by molar-refractivity contribution is 0.813. The Labute approximate surface area is 101 Å². The molecule has 0 saturated carbocycles. The molecule has 3 nitrogen and oxygen atoms in total. The Morgan fingerprint density at radius 1 is 1.25 bits per heavy atom. The quantitative estimate of drug-likeness (QED) is 0.365. The van der Waals surface area contributed by atoms with Gasteiger partial charge in [-0.15, -0.1) is 6.42 Å². The van der Waals surface area contributed by atoms with E-state index in [0.717, 1.165) is 28.8 Å². The van der Waals surface area contributed by atoms with Crippen LogP contribution in [0.2, 0.25) is 0 Å². The van der Waals surface area contributed by atoms with Crippen molar-refractivity contribution in [3.05, 3.63) is 17.0 Å². The van der Waals surface area contributed by atoms with Crippen molar-refractivity contribution in [1.82, 2.24) is 15.3 Å². The van der Waals surface area contributed by atoms with Crippen LogP contribution < -0.4 is 5.32 Å². The summed E-state index contributed by atoms with van der Waals surface area (Å²) in [5.74, 6) is 3.47. The number of terminal acetylenes is 1. The van der Waals surface area contributed by atoms with Gasteiger partial charge in [0.25, 0.3) is 0 Å². The highest BCUT2D eigenvalue weighted by Crippen LogP contribution is 2.16. The summed E-state index contributed by atoms with van der Waals surface area (Å²) in [6.07, 6.45) is 5.13. The van der Waals surface area contributed by atoms with Crippen LogP contribution in [-0.2, 0) is 0 Å². The summed E-state index contributed by atoms with van der Waals surface area (Å²) >= 11 is 1.65. The summed E-state index contributed by atoms with van der Waals surface area (Å²) in [4.78, 5) is 8.87. The monoisotopic (exact) mass is 235 g/mol. The smallest absolute Gasteiger partial charge is 0.188 e. The van der Waals surface area contributed by atoms with Gasteiger partial charge in [0, 0.05) is 23.7 Å². The number of rotatable bonds is 5. The highest BCUT2D eigenvalue weighted by Gasteiger charge is 2.04. The summed E-state index contributed by atoms with van der Waals surface area (Å²) in [7, 11) is 0. The van der Waals surface area contributed by atoms with Gasteiger partial charge in [-0.25, -0.2) is 9.97 Å². The molecule has 16 heavy (non-hydrogen) atoms. The first-order valence-electron chi connectivity index (χ1n) is 5.24. The number of hydrogen-bond donors (Lipinski definition) is 1. The summed E-state index contributed by atoms with van der Waals surface area (Å²) in [5, 5.41) is 3.98. The minimum Gasteiger partial charge on any atom is -0.305 e. The first kappa shape index (κ1) is 13.0. The zero-order valence-electron chi connectivity index (χ0n) is 10.0. The normalized spacial score (nSPS) is 10.1. The Hall–Kier alpha value is -1.05. The van der Waals surface area contributed by atoms with E-state index >= 15 is 0 Å². The highest BCUT2D eigenvalue weighted by molar-refractivity contribution is 7.99. The third-order valence-corrected chi connectivity index (χ3v) is 3.20. The minimum absolute atomic E-state index is 0.618. The predicted molar refractivity (Wildman–Crippen MR) is 68.7 cm³/mol. The fourth-order valence-electron chi connectivity index (χ4n) is 1.18. The molecule has 0 aliphatic rings.